The Kier molecular flexibility index (Phi) is 4.85. The fraction of sp³-hybridized carbons (Fsp3) is 0.211. The first-order chi connectivity index (χ1) is 10.4. The second kappa shape index (κ2) is 6.82. The summed E-state index contributed by atoms with van der Waals surface area (Å²) < 4.78 is 5.26. The molecule has 22 heavy (non-hydrogen) atoms. The van der Waals surface area contributed by atoms with Crippen LogP contribution in [-0.4, -0.2) is 11.7 Å². The molecule has 2 aromatic carbocycles. The molecule has 0 aliphatic rings. The molecule has 112 valence electrons. The van der Waals surface area contributed by atoms with Crippen LogP contribution in [0.15, 0.2) is 54.6 Å². The second-order valence-corrected chi connectivity index (χ2v) is 5.79. The Balaban J connectivity index is 2.18. The lowest BCUT2D eigenvalue weighted by molar-refractivity contribution is 0.0636. The largest absolute Gasteiger partial charge is 0.444 e. The van der Waals surface area contributed by atoms with E-state index in [4.69, 9.17) is 4.74 Å². The van der Waals surface area contributed by atoms with Gasteiger partial charge in [-0.25, -0.2) is 4.79 Å². The Morgan fingerprint density at radius 1 is 0.955 bits per heavy atom. The number of hydrogen-bond acceptors (Lipinski definition) is 2. The number of benzene rings is 2. The third-order valence-electron chi connectivity index (χ3n) is 2.68. The molecule has 0 atom stereocenters. The van der Waals surface area contributed by atoms with Crippen LogP contribution in [0.5, 0.6) is 0 Å². The number of para-hydroxylation sites is 1. The normalized spacial score (nSPS) is 10.3. The fourth-order valence-electron chi connectivity index (χ4n) is 1.78. The van der Waals surface area contributed by atoms with Gasteiger partial charge in [-0.05, 0) is 45.0 Å². The summed E-state index contributed by atoms with van der Waals surface area (Å²) in [4.78, 5) is 11.9. The molecule has 1 amide bonds. The van der Waals surface area contributed by atoms with Crippen LogP contribution in [-0.2, 0) is 4.74 Å². The van der Waals surface area contributed by atoms with Gasteiger partial charge in [0.05, 0.1) is 5.69 Å². The predicted octanol–water partition coefficient (Wildman–Crippen LogP) is 4.43. The van der Waals surface area contributed by atoms with Crippen LogP contribution in [0.4, 0.5) is 10.5 Å². The van der Waals surface area contributed by atoms with E-state index in [1.165, 1.54) is 0 Å². The maximum Gasteiger partial charge on any atom is 0.412 e. The van der Waals surface area contributed by atoms with Crippen molar-refractivity contribution in [2.75, 3.05) is 5.32 Å². The Labute approximate surface area is 131 Å². The Morgan fingerprint density at radius 2 is 1.59 bits per heavy atom. The van der Waals surface area contributed by atoms with Crippen LogP contribution in [0.1, 0.15) is 31.9 Å². The van der Waals surface area contributed by atoms with E-state index in [1.807, 2.05) is 69.3 Å². The summed E-state index contributed by atoms with van der Waals surface area (Å²) in [5.74, 6) is 6.16. The van der Waals surface area contributed by atoms with E-state index in [-0.39, 0.29) is 0 Å². The molecule has 1 N–H and O–H groups in total. The molecule has 0 aliphatic carbocycles. The lowest BCUT2D eigenvalue weighted by Gasteiger charge is -2.20. The van der Waals surface area contributed by atoms with Crippen molar-refractivity contribution in [1.82, 2.24) is 0 Å². The molecular formula is C19H19NO2. The quantitative estimate of drug-likeness (QED) is 0.790. The number of ether oxygens (including phenoxy) is 1. The van der Waals surface area contributed by atoms with Gasteiger partial charge in [-0.2, -0.15) is 0 Å². The summed E-state index contributed by atoms with van der Waals surface area (Å²) in [6, 6.07) is 17.1. The minimum absolute atomic E-state index is 0.485. The van der Waals surface area contributed by atoms with Crippen molar-refractivity contribution in [1.29, 1.82) is 0 Å². The van der Waals surface area contributed by atoms with Crippen molar-refractivity contribution in [2.24, 2.45) is 0 Å². The number of carbonyl (C=O) groups is 1. The zero-order chi connectivity index (χ0) is 16.0. The third-order valence-corrected chi connectivity index (χ3v) is 2.68. The Hall–Kier alpha value is -2.73. The zero-order valence-corrected chi connectivity index (χ0v) is 13.0. The molecule has 3 nitrogen and oxygen atoms in total. The van der Waals surface area contributed by atoms with E-state index in [0.29, 0.717) is 5.69 Å². The standard InChI is InChI=1S/C19H19NO2/c1-19(2,3)22-18(21)20-17-12-8-7-11-16(17)14-13-15-9-5-4-6-10-15/h4-12H,1-3H3,(H,20,21). The summed E-state index contributed by atoms with van der Waals surface area (Å²) in [5, 5.41) is 2.74. The summed E-state index contributed by atoms with van der Waals surface area (Å²) in [6.07, 6.45) is -0.485. The van der Waals surface area contributed by atoms with Crippen LogP contribution in [0.3, 0.4) is 0 Å². The first-order valence-corrected chi connectivity index (χ1v) is 7.10. The van der Waals surface area contributed by atoms with Gasteiger partial charge in [0.1, 0.15) is 5.60 Å². The van der Waals surface area contributed by atoms with E-state index in [1.54, 1.807) is 6.07 Å². The van der Waals surface area contributed by atoms with Crippen LogP contribution >= 0.6 is 0 Å². The highest BCUT2D eigenvalue weighted by molar-refractivity contribution is 5.87. The highest BCUT2D eigenvalue weighted by Crippen LogP contribution is 2.16. The maximum absolute atomic E-state index is 11.9. The van der Waals surface area contributed by atoms with Gasteiger partial charge in [0.15, 0.2) is 0 Å². The smallest absolute Gasteiger partial charge is 0.412 e. The van der Waals surface area contributed by atoms with Gasteiger partial charge in [0, 0.05) is 11.1 Å². The number of carbonyl (C=O) groups excluding carboxylic acids is 1. The van der Waals surface area contributed by atoms with Crippen LogP contribution in [0.2, 0.25) is 0 Å². The number of hydrogen-bond donors (Lipinski definition) is 1. The third kappa shape index (κ3) is 4.99. The SMILES string of the molecule is CC(C)(C)OC(=O)Nc1ccccc1C#Cc1ccccc1. The molecule has 2 rings (SSSR count). The van der Waals surface area contributed by atoms with E-state index in [0.717, 1.165) is 11.1 Å². The lowest BCUT2D eigenvalue weighted by atomic mass is 10.1. The second-order valence-electron chi connectivity index (χ2n) is 5.79. The minimum atomic E-state index is -0.533. The molecule has 0 fully saturated rings. The van der Waals surface area contributed by atoms with Crippen LogP contribution in [0.25, 0.3) is 0 Å². The Bertz CT molecular complexity index is 703. The molecule has 0 aromatic heterocycles. The van der Waals surface area contributed by atoms with E-state index in [9.17, 15) is 4.79 Å². The van der Waals surface area contributed by atoms with Gasteiger partial charge in [0.25, 0.3) is 0 Å². The topological polar surface area (TPSA) is 38.3 Å². The first kappa shape index (κ1) is 15.7. The van der Waals surface area contributed by atoms with Crippen molar-refractivity contribution in [3.8, 4) is 11.8 Å². The molecule has 0 saturated heterocycles. The maximum atomic E-state index is 11.9. The molecule has 2 aromatic rings. The minimum Gasteiger partial charge on any atom is -0.444 e. The van der Waals surface area contributed by atoms with Gasteiger partial charge in [-0.15, -0.1) is 0 Å². The highest BCUT2D eigenvalue weighted by atomic mass is 16.6. The lowest BCUT2D eigenvalue weighted by Crippen LogP contribution is -2.27. The van der Waals surface area contributed by atoms with E-state index < -0.39 is 11.7 Å². The average molecular weight is 293 g/mol. The molecule has 0 unspecified atom stereocenters. The molecule has 0 saturated carbocycles. The van der Waals surface area contributed by atoms with Crippen LogP contribution in [0, 0.1) is 11.8 Å². The number of amides is 1. The van der Waals surface area contributed by atoms with E-state index in [2.05, 4.69) is 17.2 Å². The van der Waals surface area contributed by atoms with Crippen LogP contribution < -0.4 is 5.32 Å². The van der Waals surface area contributed by atoms with E-state index >= 15 is 0 Å². The zero-order valence-electron chi connectivity index (χ0n) is 13.0. The van der Waals surface area contributed by atoms with Gasteiger partial charge in [-0.3, -0.25) is 5.32 Å². The summed E-state index contributed by atoms with van der Waals surface area (Å²) in [6.45, 7) is 5.48. The van der Waals surface area contributed by atoms with Crippen molar-refractivity contribution in [3.63, 3.8) is 0 Å². The number of nitrogens with one attached hydrogen (secondary N) is 1. The summed E-state index contributed by atoms with van der Waals surface area (Å²) in [7, 11) is 0. The molecule has 3 heteroatoms. The van der Waals surface area contributed by atoms with Crippen molar-refractivity contribution in [2.45, 2.75) is 26.4 Å². The number of rotatable bonds is 1. The molecule has 0 aliphatic heterocycles. The van der Waals surface area contributed by atoms with Gasteiger partial charge in [-0.1, -0.05) is 42.2 Å². The fourth-order valence-corrected chi connectivity index (χ4v) is 1.78. The molecule has 0 spiro atoms. The molecule has 0 bridgehead atoms. The summed E-state index contributed by atoms with van der Waals surface area (Å²) >= 11 is 0. The molecule has 0 heterocycles. The first-order valence-electron chi connectivity index (χ1n) is 7.10. The summed E-state index contributed by atoms with van der Waals surface area (Å²) in [5.41, 5.74) is 1.78. The highest BCUT2D eigenvalue weighted by Gasteiger charge is 2.16. The predicted molar refractivity (Wildman–Crippen MR) is 88.7 cm³/mol. The van der Waals surface area contributed by atoms with Crippen molar-refractivity contribution >= 4 is 11.8 Å². The van der Waals surface area contributed by atoms with Crippen molar-refractivity contribution in [3.05, 3.63) is 65.7 Å². The molecule has 0 radical (unpaired) electrons. The molecular weight excluding hydrogens is 274 g/mol. The number of anilines is 1. The van der Waals surface area contributed by atoms with Gasteiger partial charge in [0.2, 0.25) is 0 Å². The van der Waals surface area contributed by atoms with Gasteiger partial charge < -0.3 is 4.74 Å². The van der Waals surface area contributed by atoms with Gasteiger partial charge >= 0.3 is 6.09 Å². The van der Waals surface area contributed by atoms with Crippen molar-refractivity contribution < 1.29 is 9.53 Å². The monoisotopic (exact) mass is 293 g/mol. The average Bonchev–Trinajstić information content (AvgIpc) is 2.45. The Morgan fingerprint density at radius 3 is 2.27 bits per heavy atom.